The predicted octanol–water partition coefficient (Wildman–Crippen LogP) is 0.657. The number of likely N-dealkylation sites (N-methyl/N-ethyl adjacent to an activating group) is 1. The van der Waals surface area contributed by atoms with Crippen LogP contribution in [0.25, 0.3) is 0 Å². The van der Waals surface area contributed by atoms with E-state index < -0.39 is 18.0 Å². The van der Waals surface area contributed by atoms with Gasteiger partial charge in [0.1, 0.15) is 6.54 Å². The molecule has 0 aromatic rings. The summed E-state index contributed by atoms with van der Waals surface area (Å²) in [6.45, 7) is 2.48. The molecule has 0 amide bonds. The van der Waals surface area contributed by atoms with Crippen LogP contribution in [-0.2, 0) is 14.3 Å². The largest absolute Gasteiger partial charge is 0.550 e. The summed E-state index contributed by atoms with van der Waals surface area (Å²) < 4.78 is 5.65. The predicted molar refractivity (Wildman–Crippen MR) is 75.6 cm³/mol. The molecule has 0 heterocycles. The van der Waals surface area contributed by atoms with Crippen LogP contribution in [0.2, 0.25) is 0 Å². The van der Waals surface area contributed by atoms with E-state index in [0.717, 1.165) is 12.8 Å². The number of unbranched alkanes of at least 4 members (excludes halogenated alkanes) is 1. The van der Waals surface area contributed by atoms with Crippen LogP contribution in [0.3, 0.4) is 0 Å². The van der Waals surface area contributed by atoms with E-state index in [1.54, 1.807) is 12.2 Å². The number of hydrogen-bond donors (Lipinski definition) is 0. The molecular weight excluding hydrogens is 258 g/mol. The molecule has 0 saturated heterocycles. The molecule has 0 aliphatic carbocycles. The summed E-state index contributed by atoms with van der Waals surface area (Å²) in [4.78, 5) is 22.3. The second kappa shape index (κ2) is 9.31. The van der Waals surface area contributed by atoms with Crippen molar-refractivity contribution in [3.8, 4) is 0 Å². The van der Waals surface area contributed by atoms with Gasteiger partial charge < -0.3 is 19.1 Å². The summed E-state index contributed by atoms with van der Waals surface area (Å²) in [5.41, 5.74) is 0. The molecule has 1 atom stereocenters. The van der Waals surface area contributed by atoms with Gasteiger partial charge >= 0.3 is 5.97 Å². The Balaban J connectivity index is 4.41. The molecular formula is C15H25NO4. The van der Waals surface area contributed by atoms with Crippen LogP contribution in [-0.4, -0.2) is 50.2 Å². The van der Waals surface area contributed by atoms with Gasteiger partial charge in [-0.25, -0.2) is 4.79 Å². The summed E-state index contributed by atoms with van der Waals surface area (Å²) in [5, 5.41) is 10.7. The second-order valence-corrected chi connectivity index (χ2v) is 5.68. The molecule has 20 heavy (non-hydrogen) atoms. The Morgan fingerprint density at radius 1 is 1.25 bits per heavy atom. The lowest BCUT2D eigenvalue weighted by Crippen LogP contribution is -2.45. The van der Waals surface area contributed by atoms with Crippen LogP contribution < -0.4 is 5.11 Å². The summed E-state index contributed by atoms with van der Waals surface area (Å²) in [6.07, 6.45) is 7.65. The van der Waals surface area contributed by atoms with E-state index in [9.17, 15) is 14.7 Å². The lowest BCUT2D eigenvalue weighted by atomic mass is 10.2. The maximum atomic E-state index is 11.6. The number of allylic oxidation sites excluding steroid dienone is 3. The molecule has 0 aromatic heterocycles. The number of ether oxygens (including phenoxy) is 1. The third kappa shape index (κ3) is 11.5. The van der Waals surface area contributed by atoms with Crippen molar-refractivity contribution in [1.29, 1.82) is 0 Å². The van der Waals surface area contributed by atoms with E-state index in [0.29, 0.717) is 11.0 Å². The van der Waals surface area contributed by atoms with E-state index in [2.05, 4.69) is 6.92 Å². The molecule has 5 nitrogen and oxygen atoms in total. The normalized spacial score (nSPS) is 13.8. The summed E-state index contributed by atoms with van der Waals surface area (Å²) in [7, 11) is 5.71. The number of nitrogens with zero attached hydrogens (tertiary/aromatic N) is 1. The van der Waals surface area contributed by atoms with Crippen molar-refractivity contribution in [2.75, 3.05) is 27.7 Å². The average molecular weight is 283 g/mol. The topological polar surface area (TPSA) is 66.4 Å². The zero-order valence-electron chi connectivity index (χ0n) is 12.8. The minimum Gasteiger partial charge on any atom is -0.550 e. The number of carbonyl (C=O) groups excluding carboxylic acids is 2. The van der Waals surface area contributed by atoms with Gasteiger partial charge in [-0.05, 0) is 6.42 Å². The van der Waals surface area contributed by atoms with E-state index in [-0.39, 0.29) is 6.42 Å². The molecule has 0 N–H and O–H groups in total. The van der Waals surface area contributed by atoms with Gasteiger partial charge in [0.25, 0.3) is 0 Å². The highest BCUT2D eigenvalue weighted by Gasteiger charge is 2.21. The molecule has 0 bridgehead atoms. The Morgan fingerprint density at radius 3 is 2.40 bits per heavy atom. The van der Waals surface area contributed by atoms with Crippen LogP contribution in [0, 0.1) is 0 Å². The number of carboxylic acids is 1. The molecule has 0 aliphatic heterocycles. The molecule has 1 unspecified atom stereocenters. The van der Waals surface area contributed by atoms with Gasteiger partial charge in [0.15, 0.2) is 6.10 Å². The summed E-state index contributed by atoms with van der Waals surface area (Å²) in [5.74, 6) is -1.76. The van der Waals surface area contributed by atoms with Crippen molar-refractivity contribution in [2.45, 2.75) is 32.3 Å². The minimum absolute atomic E-state index is 0.291. The monoisotopic (exact) mass is 283 g/mol. The molecule has 0 radical (unpaired) electrons. The Bertz CT molecular complexity index is 367. The first kappa shape index (κ1) is 18.4. The van der Waals surface area contributed by atoms with Gasteiger partial charge in [-0.3, -0.25) is 0 Å². The van der Waals surface area contributed by atoms with Crippen LogP contribution in [0.5, 0.6) is 0 Å². The van der Waals surface area contributed by atoms with Crippen molar-refractivity contribution in [2.24, 2.45) is 0 Å². The molecule has 0 spiro atoms. The quantitative estimate of drug-likeness (QED) is 0.270. The molecule has 5 heteroatoms. The van der Waals surface area contributed by atoms with E-state index >= 15 is 0 Å². The molecule has 0 fully saturated rings. The highest BCUT2D eigenvalue weighted by atomic mass is 16.5. The highest BCUT2D eigenvalue weighted by molar-refractivity contribution is 5.82. The number of esters is 1. The molecule has 0 rings (SSSR count). The first-order chi connectivity index (χ1) is 9.24. The van der Waals surface area contributed by atoms with E-state index in [1.807, 2.05) is 27.2 Å². The smallest absolute Gasteiger partial charge is 0.331 e. The SMILES string of the molecule is CCCC=CC=CC(=O)OC(CC(=O)[O-])C[N+](C)(C)C. The van der Waals surface area contributed by atoms with Gasteiger partial charge in [-0.15, -0.1) is 0 Å². The van der Waals surface area contributed by atoms with Crippen molar-refractivity contribution in [1.82, 2.24) is 0 Å². The van der Waals surface area contributed by atoms with Crippen molar-refractivity contribution in [3.05, 3.63) is 24.3 Å². The molecule has 0 saturated carbocycles. The minimum atomic E-state index is -1.22. The van der Waals surface area contributed by atoms with Crippen molar-refractivity contribution >= 4 is 11.9 Å². The van der Waals surface area contributed by atoms with Crippen LogP contribution in [0.4, 0.5) is 0 Å². The van der Waals surface area contributed by atoms with Crippen molar-refractivity contribution in [3.63, 3.8) is 0 Å². The first-order valence-corrected chi connectivity index (χ1v) is 6.78. The third-order valence-electron chi connectivity index (χ3n) is 2.36. The number of hydrogen-bond acceptors (Lipinski definition) is 4. The number of carboxylic acid groups (broad SMARTS) is 1. The number of rotatable bonds is 9. The fourth-order valence-corrected chi connectivity index (χ4v) is 1.62. The lowest BCUT2D eigenvalue weighted by Gasteiger charge is -2.28. The summed E-state index contributed by atoms with van der Waals surface area (Å²) >= 11 is 0. The van der Waals surface area contributed by atoms with Crippen LogP contribution in [0.15, 0.2) is 24.3 Å². The average Bonchev–Trinajstić information content (AvgIpc) is 2.25. The van der Waals surface area contributed by atoms with Gasteiger partial charge in [-0.2, -0.15) is 0 Å². The highest BCUT2D eigenvalue weighted by Crippen LogP contribution is 2.05. The maximum Gasteiger partial charge on any atom is 0.331 e. The molecule has 114 valence electrons. The number of aliphatic carboxylic acids is 1. The first-order valence-electron chi connectivity index (χ1n) is 6.78. The van der Waals surface area contributed by atoms with Gasteiger partial charge in [-0.1, -0.05) is 31.6 Å². The van der Waals surface area contributed by atoms with Crippen molar-refractivity contribution < 1.29 is 23.9 Å². The molecule has 0 aromatic carbocycles. The van der Waals surface area contributed by atoms with E-state index in [4.69, 9.17) is 4.74 Å². The Kier molecular flexibility index (Phi) is 8.56. The van der Waals surface area contributed by atoms with Gasteiger partial charge in [0.05, 0.1) is 21.1 Å². The van der Waals surface area contributed by atoms with Gasteiger partial charge in [0.2, 0.25) is 0 Å². The fraction of sp³-hybridized carbons (Fsp3) is 0.600. The lowest BCUT2D eigenvalue weighted by molar-refractivity contribution is -0.873. The zero-order valence-corrected chi connectivity index (χ0v) is 12.8. The Morgan fingerprint density at radius 2 is 1.90 bits per heavy atom. The summed E-state index contributed by atoms with van der Waals surface area (Å²) in [6, 6.07) is 0. The Hall–Kier alpha value is -1.62. The maximum absolute atomic E-state index is 11.6. The van der Waals surface area contributed by atoms with Gasteiger partial charge in [0, 0.05) is 18.5 Å². The fourth-order valence-electron chi connectivity index (χ4n) is 1.62. The van der Waals surface area contributed by atoms with Crippen LogP contribution >= 0.6 is 0 Å². The molecule has 0 aliphatic rings. The Labute approximate surface area is 121 Å². The standard InChI is InChI=1S/C15H25NO4/c1-5-6-7-8-9-10-15(19)20-13(11-14(17)18)12-16(2,3)4/h7-10,13H,5-6,11-12H2,1-4H3. The third-order valence-corrected chi connectivity index (χ3v) is 2.36. The number of carbonyl (C=O) groups is 2. The van der Waals surface area contributed by atoms with E-state index in [1.165, 1.54) is 6.08 Å². The van der Waals surface area contributed by atoms with Crippen LogP contribution in [0.1, 0.15) is 26.2 Å². The second-order valence-electron chi connectivity index (χ2n) is 5.68. The number of quaternary nitrogens is 1. The zero-order chi connectivity index (χ0) is 15.6.